The van der Waals surface area contributed by atoms with Crippen molar-refractivity contribution in [3.63, 3.8) is 0 Å². The summed E-state index contributed by atoms with van der Waals surface area (Å²) in [5, 5.41) is 7.06. The molecule has 130 valence electrons. The van der Waals surface area contributed by atoms with Crippen LogP contribution in [0.3, 0.4) is 0 Å². The molecule has 0 atom stereocenters. The third-order valence-electron chi connectivity index (χ3n) is 2.98. The van der Waals surface area contributed by atoms with Gasteiger partial charge in [-0.05, 0) is 18.2 Å². The molecular weight excluding hydrogens is 326 g/mol. The summed E-state index contributed by atoms with van der Waals surface area (Å²) >= 11 is 0. The van der Waals surface area contributed by atoms with Crippen LogP contribution in [0, 0.1) is 0 Å². The fourth-order valence-corrected chi connectivity index (χ4v) is 1.74. The quantitative estimate of drug-likeness (QED) is 0.759. The molecule has 9 heteroatoms. The van der Waals surface area contributed by atoms with E-state index in [1.165, 1.54) is 31.6 Å². The van der Waals surface area contributed by atoms with Gasteiger partial charge in [-0.15, -0.1) is 0 Å². The Morgan fingerprint density at radius 1 is 1.12 bits per heavy atom. The lowest BCUT2D eigenvalue weighted by atomic mass is 10.3. The van der Waals surface area contributed by atoms with Crippen molar-refractivity contribution in [1.82, 2.24) is 20.6 Å². The Balaban J connectivity index is 2.00. The van der Waals surface area contributed by atoms with Crippen molar-refractivity contribution in [3.8, 4) is 11.5 Å². The molecule has 0 unspecified atom stereocenters. The largest absolute Gasteiger partial charge is 0.456 e. The molecule has 2 aromatic heterocycles. The smallest absolute Gasteiger partial charge is 0.327 e. The molecule has 9 nitrogen and oxygen atoms in total. The highest BCUT2D eigenvalue weighted by molar-refractivity contribution is 6.00. The second kappa shape index (κ2) is 8.39. The van der Waals surface area contributed by atoms with Gasteiger partial charge in [0.15, 0.2) is 0 Å². The first-order valence-electron chi connectivity index (χ1n) is 7.44. The normalized spacial score (nSPS) is 9.84. The number of carbonyl (C=O) groups is 3. The molecule has 0 aliphatic heterocycles. The van der Waals surface area contributed by atoms with E-state index in [1.807, 2.05) is 0 Å². The van der Waals surface area contributed by atoms with E-state index in [1.54, 1.807) is 19.1 Å². The monoisotopic (exact) mass is 343 g/mol. The molecule has 2 heterocycles. The van der Waals surface area contributed by atoms with E-state index in [2.05, 4.69) is 25.9 Å². The van der Waals surface area contributed by atoms with E-state index in [4.69, 9.17) is 4.74 Å². The third kappa shape index (κ3) is 5.27. The molecule has 0 radical (unpaired) electrons. The van der Waals surface area contributed by atoms with E-state index in [0.717, 1.165) is 0 Å². The number of nitrogens with zero attached hydrogens (tertiary/aromatic N) is 2. The number of urea groups is 1. The standard InChI is InChI=1S/C16H17N5O4/c1-3-14(22)21-16(24)20-13-5-4-11(9-19-13)25-10-6-7-18-12(8-10)15(23)17-2/h4-9H,3H2,1-2H3,(H,17,23)(H2,19,20,21,22,24). The summed E-state index contributed by atoms with van der Waals surface area (Å²) in [5.74, 6) is 0.374. The molecule has 0 aromatic carbocycles. The molecule has 3 N–H and O–H groups in total. The fraction of sp³-hybridized carbons (Fsp3) is 0.188. The topological polar surface area (TPSA) is 122 Å². The maximum Gasteiger partial charge on any atom is 0.327 e. The van der Waals surface area contributed by atoms with E-state index in [0.29, 0.717) is 11.5 Å². The van der Waals surface area contributed by atoms with E-state index >= 15 is 0 Å². The maximum atomic E-state index is 11.6. The Bertz CT molecular complexity index is 776. The highest BCUT2D eigenvalue weighted by Gasteiger charge is 2.08. The molecule has 4 amide bonds. The zero-order valence-corrected chi connectivity index (χ0v) is 13.7. The summed E-state index contributed by atoms with van der Waals surface area (Å²) in [5.41, 5.74) is 0.225. The van der Waals surface area contributed by atoms with Gasteiger partial charge in [0, 0.05) is 25.7 Å². The van der Waals surface area contributed by atoms with E-state index in [9.17, 15) is 14.4 Å². The SMILES string of the molecule is CCC(=O)NC(=O)Nc1ccc(Oc2ccnc(C(=O)NC)c2)cn1. The average Bonchev–Trinajstić information content (AvgIpc) is 2.62. The Labute approximate surface area is 143 Å². The maximum absolute atomic E-state index is 11.6. The van der Waals surface area contributed by atoms with Crippen molar-refractivity contribution in [1.29, 1.82) is 0 Å². The van der Waals surface area contributed by atoms with Crippen LogP contribution in [0.4, 0.5) is 10.6 Å². The van der Waals surface area contributed by atoms with Crippen molar-refractivity contribution in [2.45, 2.75) is 13.3 Å². The molecule has 0 aliphatic carbocycles. The number of hydrogen-bond acceptors (Lipinski definition) is 6. The lowest BCUT2D eigenvalue weighted by Crippen LogP contribution is -2.33. The van der Waals surface area contributed by atoms with Crippen molar-refractivity contribution in [2.24, 2.45) is 0 Å². The second-order valence-electron chi connectivity index (χ2n) is 4.79. The van der Waals surface area contributed by atoms with Gasteiger partial charge in [-0.2, -0.15) is 0 Å². The van der Waals surface area contributed by atoms with Gasteiger partial charge in [0.05, 0.1) is 6.20 Å². The molecule has 2 rings (SSSR count). The first kappa shape index (κ1) is 17.9. The number of anilines is 1. The van der Waals surface area contributed by atoms with Crippen molar-refractivity contribution >= 4 is 23.7 Å². The summed E-state index contributed by atoms with van der Waals surface area (Å²) in [6.45, 7) is 1.64. The van der Waals surface area contributed by atoms with Gasteiger partial charge >= 0.3 is 6.03 Å². The van der Waals surface area contributed by atoms with Crippen LogP contribution in [0.5, 0.6) is 11.5 Å². The first-order chi connectivity index (χ1) is 12.0. The molecule has 0 aliphatic rings. The number of aromatic nitrogens is 2. The molecule has 25 heavy (non-hydrogen) atoms. The number of imide groups is 1. The second-order valence-corrected chi connectivity index (χ2v) is 4.79. The number of carbonyl (C=O) groups excluding carboxylic acids is 3. The predicted molar refractivity (Wildman–Crippen MR) is 89.4 cm³/mol. The Hall–Kier alpha value is -3.49. The van der Waals surface area contributed by atoms with E-state index < -0.39 is 6.03 Å². The number of pyridine rings is 2. The average molecular weight is 343 g/mol. The summed E-state index contributed by atoms with van der Waals surface area (Å²) < 4.78 is 5.59. The molecule has 0 bridgehead atoms. The minimum Gasteiger partial charge on any atom is -0.456 e. The van der Waals surface area contributed by atoms with Crippen LogP contribution < -0.4 is 20.7 Å². The van der Waals surface area contributed by atoms with Gasteiger partial charge in [-0.1, -0.05) is 6.92 Å². The van der Waals surface area contributed by atoms with Gasteiger partial charge in [-0.3, -0.25) is 25.2 Å². The molecule has 0 saturated heterocycles. The summed E-state index contributed by atoms with van der Waals surface area (Å²) in [4.78, 5) is 42.2. The number of ether oxygens (including phenoxy) is 1. The van der Waals surface area contributed by atoms with Crippen molar-refractivity contribution < 1.29 is 19.1 Å². The lowest BCUT2D eigenvalue weighted by Gasteiger charge is -2.08. The fourth-order valence-electron chi connectivity index (χ4n) is 1.74. The number of hydrogen-bond donors (Lipinski definition) is 3. The Morgan fingerprint density at radius 3 is 2.56 bits per heavy atom. The van der Waals surface area contributed by atoms with Gasteiger partial charge in [0.2, 0.25) is 5.91 Å². The van der Waals surface area contributed by atoms with Crippen molar-refractivity contribution in [2.75, 3.05) is 12.4 Å². The number of nitrogens with one attached hydrogen (secondary N) is 3. The molecular formula is C16H17N5O4. The van der Waals surface area contributed by atoms with Crippen LogP contribution in [0.25, 0.3) is 0 Å². The van der Waals surface area contributed by atoms with Gasteiger partial charge in [0.25, 0.3) is 5.91 Å². The zero-order valence-electron chi connectivity index (χ0n) is 13.7. The molecule has 0 spiro atoms. The highest BCUT2D eigenvalue weighted by Crippen LogP contribution is 2.21. The molecule has 0 saturated carbocycles. The zero-order chi connectivity index (χ0) is 18.2. The molecule has 0 fully saturated rings. The Kier molecular flexibility index (Phi) is 5.99. The summed E-state index contributed by atoms with van der Waals surface area (Å²) in [6, 6.07) is 5.55. The van der Waals surface area contributed by atoms with Gasteiger partial charge < -0.3 is 10.1 Å². The third-order valence-corrected chi connectivity index (χ3v) is 2.98. The van der Waals surface area contributed by atoms with Crippen LogP contribution in [0.15, 0.2) is 36.7 Å². The number of amides is 4. The van der Waals surface area contributed by atoms with Crippen LogP contribution in [0.2, 0.25) is 0 Å². The highest BCUT2D eigenvalue weighted by atomic mass is 16.5. The summed E-state index contributed by atoms with van der Waals surface area (Å²) in [6.07, 6.45) is 3.06. The van der Waals surface area contributed by atoms with Crippen molar-refractivity contribution in [3.05, 3.63) is 42.4 Å². The van der Waals surface area contributed by atoms with Gasteiger partial charge in [-0.25, -0.2) is 9.78 Å². The minimum absolute atomic E-state index is 0.206. The lowest BCUT2D eigenvalue weighted by molar-refractivity contribution is -0.119. The minimum atomic E-state index is -0.655. The van der Waals surface area contributed by atoms with Crippen LogP contribution >= 0.6 is 0 Å². The molecule has 2 aromatic rings. The van der Waals surface area contributed by atoms with Crippen LogP contribution in [-0.2, 0) is 4.79 Å². The Morgan fingerprint density at radius 2 is 1.92 bits per heavy atom. The van der Waals surface area contributed by atoms with Gasteiger partial charge in [0.1, 0.15) is 23.0 Å². The predicted octanol–water partition coefficient (Wildman–Crippen LogP) is 1.69. The van der Waals surface area contributed by atoms with E-state index in [-0.39, 0.29) is 29.7 Å². The van der Waals surface area contributed by atoms with Crippen LogP contribution in [0.1, 0.15) is 23.8 Å². The first-order valence-corrected chi connectivity index (χ1v) is 7.44. The summed E-state index contributed by atoms with van der Waals surface area (Å²) in [7, 11) is 1.51. The van der Waals surface area contributed by atoms with Crippen LogP contribution in [-0.4, -0.2) is 34.9 Å². The number of rotatable bonds is 5.